The van der Waals surface area contributed by atoms with Gasteiger partial charge in [-0.1, -0.05) is 18.3 Å². The molecular formula is C10H13N5O2S2. The highest BCUT2D eigenvalue weighted by Crippen LogP contribution is 2.22. The molecule has 0 saturated carbocycles. The summed E-state index contributed by atoms with van der Waals surface area (Å²) < 4.78 is 25.9. The minimum atomic E-state index is -3.65. The Labute approximate surface area is 115 Å². The molecule has 0 aromatic carbocycles. The normalized spacial score (nSPS) is 11.9. The Morgan fingerprint density at radius 2 is 2.00 bits per heavy atom. The molecule has 0 aliphatic heterocycles. The van der Waals surface area contributed by atoms with Crippen LogP contribution in [0.4, 0.5) is 5.13 Å². The van der Waals surface area contributed by atoms with Crippen LogP contribution in [0.25, 0.3) is 0 Å². The molecule has 0 amide bonds. The Morgan fingerprint density at radius 3 is 2.53 bits per heavy atom. The second-order valence-corrected chi connectivity index (χ2v) is 6.81. The van der Waals surface area contributed by atoms with Gasteiger partial charge >= 0.3 is 0 Å². The summed E-state index contributed by atoms with van der Waals surface area (Å²) in [6.45, 7) is 2.37. The van der Waals surface area contributed by atoms with Crippen LogP contribution in [0, 0.1) is 0 Å². The molecule has 0 fully saturated rings. The molecule has 0 saturated heterocycles. The van der Waals surface area contributed by atoms with Crippen molar-refractivity contribution in [1.29, 1.82) is 0 Å². The molecule has 0 atom stereocenters. The van der Waals surface area contributed by atoms with Crippen molar-refractivity contribution in [3.63, 3.8) is 0 Å². The van der Waals surface area contributed by atoms with Crippen molar-refractivity contribution >= 4 is 26.5 Å². The lowest BCUT2D eigenvalue weighted by Crippen LogP contribution is -2.30. The van der Waals surface area contributed by atoms with E-state index in [1.165, 1.54) is 4.31 Å². The Bertz CT molecular complexity index is 641. The number of hydrogen-bond acceptors (Lipinski definition) is 7. The van der Waals surface area contributed by atoms with Crippen molar-refractivity contribution in [1.82, 2.24) is 19.5 Å². The minimum absolute atomic E-state index is 0.0825. The topological polar surface area (TPSA) is 102 Å². The van der Waals surface area contributed by atoms with Gasteiger partial charge in [-0.15, -0.1) is 10.2 Å². The first-order valence-electron chi connectivity index (χ1n) is 5.52. The third-order valence-electron chi connectivity index (χ3n) is 2.44. The molecule has 19 heavy (non-hydrogen) atoms. The summed E-state index contributed by atoms with van der Waals surface area (Å²) in [7, 11) is -3.65. The molecule has 2 aromatic rings. The Balaban J connectivity index is 2.27. The second-order valence-electron chi connectivity index (χ2n) is 3.69. The minimum Gasteiger partial charge on any atom is -0.374 e. The van der Waals surface area contributed by atoms with E-state index in [-0.39, 0.29) is 16.0 Å². The van der Waals surface area contributed by atoms with Crippen LogP contribution in [0.15, 0.2) is 28.9 Å². The van der Waals surface area contributed by atoms with Crippen LogP contribution in [0.2, 0.25) is 0 Å². The summed E-state index contributed by atoms with van der Waals surface area (Å²) >= 11 is 0.863. The summed E-state index contributed by atoms with van der Waals surface area (Å²) in [5, 5.41) is 7.27. The quantitative estimate of drug-likeness (QED) is 0.873. The SMILES string of the molecule is CCN(Cc1ccncc1)S(=O)(=O)c1nnc(N)s1. The Kier molecular flexibility index (Phi) is 4.08. The van der Waals surface area contributed by atoms with Gasteiger partial charge in [-0.2, -0.15) is 4.31 Å². The molecule has 0 radical (unpaired) electrons. The standard InChI is InChI=1S/C10H13N5O2S2/c1-2-15(7-8-3-5-12-6-4-8)19(16,17)10-14-13-9(11)18-10/h3-6H,2,7H2,1H3,(H2,11,13). The molecule has 0 aliphatic rings. The van der Waals surface area contributed by atoms with Gasteiger partial charge in [-0.25, -0.2) is 8.42 Å². The molecule has 2 aromatic heterocycles. The van der Waals surface area contributed by atoms with Gasteiger partial charge in [0.1, 0.15) is 0 Å². The van der Waals surface area contributed by atoms with E-state index in [1.54, 1.807) is 31.5 Å². The van der Waals surface area contributed by atoms with Gasteiger partial charge in [0.25, 0.3) is 10.0 Å². The van der Waals surface area contributed by atoms with E-state index in [0.29, 0.717) is 6.54 Å². The van der Waals surface area contributed by atoms with E-state index < -0.39 is 10.0 Å². The van der Waals surface area contributed by atoms with Crippen LogP contribution in [-0.2, 0) is 16.6 Å². The van der Waals surface area contributed by atoms with E-state index in [1.807, 2.05) is 0 Å². The highest BCUT2D eigenvalue weighted by molar-refractivity contribution is 7.91. The van der Waals surface area contributed by atoms with Gasteiger partial charge in [0, 0.05) is 25.5 Å². The van der Waals surface area contributed by atoms with Crippen molar-refractivity contribution < 1.29 is 8.42 Å². The molecule has 2 heterocycles. The van der Waals surface area contributed by atoms with Gasteiger partial charge in [-0.3, -0.25) is 4.98 Å². The fraction of sp³-hybridized carbons (Fsp3) is 0.300. The first-order chi connectivity index (χ1) is 9.04. The largest absolute Gasteiger partial charge is 0.374 e. The summed E-state index contributed by atoms with van der Waals surface area (Å²) in [5.74, 6) is 0. The monoisotopic (exact) mass is 299 g/mol. The lowest BCUT2D eigenvalue weighted by atomic mass is 10.3. The predicted octanol–water partition coefficient (Wildman–Crippen LogP) is 0.726. The molecule has 9 heteroatoms. The number of nitrogens with zero attached hydrogens (tertiary/aromatic N) is 4. The van der Waals surface area contributed by atoms with Crippen LogP contribution in [-0.4, -0.2) is 34.4 Å². The zero-order valence-corrected chi connectivity index (χ0v) is 11.9. The van der Waals surface area contributed by atoms with Gasteiger partial charge in [0.2, 0.25) is 9.47 Å². The number of nitrogens with two attached hydrogens (primary N) is 1. The number of aromatic nitrogens is 3. The van der Waals surface area contributed by atoms with Crippen LogP contribution in [0.3, 0.4) is 0 Å². The van der Waals surface area contributed by atoms with Crippen molar-refractivity contribution in [2.24, 2.45) is 0 Å². The highest BCUT2D eigenvalue weighted by atomic mass is 32.2. The number of pyridine rings is 1. The van der Waals surface area contributed by atoms with Gasteiger partial charge in [-0.05, 0) is 17.7 Å². The summed E-state index contributed by atoms with van der Waals surface area (Å²) in [6, 6.07) is 3.54. The van der Waals surface area contributed by atoms with Crippen LogP contribution in [0.5, 0.6) is 0 Å². The third-order valence-corrected chi connectivity index (χ3v) is 5.46. The average Bonchev–Trinajstić information content (AvgIpc) is 2.84. The fourth-order valence-electron chi connectivity index (χ4n) is 1.49. The van der Waals surface area contributed by atoms with E-state index in [9.17, 15) is 8.42 Å². The zero-order valence-electron chi connectivity index (χ0n) is 10.2. The molecule has 0 aliphatic carbocycles. The smallest absolute Gasteiger partial charge is 0.272 e. The average molecular weight is 299 g/mol. The van der Waals surface area contributed by atoms with E-state index in [0.717, 1.165) is 16.9 Å². The fourth-order valence-corrected chi connectivity index (χ4v) is 3.85. The molecule has 0 spiro atoms. The van der Waals surface area contributed by atoms with Crippen LogP contribution >= 0.6 is 11.3 Å². The molecule has 102 valence electrons. The van der Waals surface area contributed by atoms with Crippen LogP contribution < -0.4 is 5.73 Å². The lowest BCUT2D eigenvalue weighted by Gasteiger charge is -2.18. The number of nitrogen functional groups attached to an aromatic ring is 1. The van der Waals surface area contributed by atoms with Crippen LogP contribution in [0.1, 0.15) is 12.5 Å². The Hall–Kier alpha value is -1.58. The number of sulfonamides is 1. The first kappa shape index (κ1) is 13.8. The Morgan fingerprint density at radius 1 is 1.32 bits per heavy atom. The van der Waals surface area contributed by atoms with E-state index >= 15 is 0 Å². The zero-order chi connectivity index (χ0) is 13.9. The van der Waals surface area contributed by atoms with Crippen molar-refractivity contribution in [2.75, 3.05) is 12.3 Å². The number of rotatable bonds is 5. The maximum Gasteiger partial charge on any atom is 0.272 e. The van der Waals surface area contributed by atoms with E-state index in [4.69, 9.17) is 5.73 Å². The maximum atomic E-state index is 12.3. The summed E-state index contributed by atoms with van der Waals surface area (Å²) in [6.07, 6.45) is 3.25. The number of anilines is 1. The summed E-state index contributed by atoms with van der Waals surface area (Å²) in [5.41, 5.74) is 6.28. The molecule has 2 rings (SSSR count). The highest BCUT2D eigenvalue weighted by Gasteiger charge is 2.27. The number of hydrogen-bond donors (Lipinski definition) is 1. The first-order valence-corrected chi connectivity index (χ1v) is 7.77. The molecule has 0 unspecified atom stereocenters. The molecule has 7 nitrogen and oxygen atoms in total. The molecular weight excluding hydrogens is 286 g/mol. The third kappa shape index (κ3) is 3.06. The maximum absolute atomic E-state index is 12.3. The lowest BCUT2D eigenvalue weighted by molar-refractivity contribution is 0.422. The van der Waals surface area contributed by atoms with Gasteiger partial charge in [0.05, 0.1) is 0 Å². The molecule has 2 N–H and O–H groups in total. The molecule has 0 bridgehead atoms. The predicted molar refractivity (Wildman–Crippen MR) is 71.8 cm³/mol. The second kappa shape index (κ2) is 5.59. The van der Waals surface area contributed by atoms with Crippen molar-refractivity contribution in [2.45, 2.75) is 17.8 Å². The van der Waals surface area contributed by atoms with Gasteiger partial charge in [0.15, 0.2) is 0 Å². The van der Waals surface area contributed by atoms with Crippen molar-refractivity contribution in [3.05, 3.63) is 30.1 Å². The van der Waals surface area contributed by atoms with Crippen molar-refractivity contribution in [3.8, 4) is 0 Å². The van der Waals surface area contributed by atoms with Gasteiger partial charge < -0.3 is 5.73 Å². The van der Waals surface area contributed by atoms with E-state index in [2.05, 4.69) is 15.2 Å². The summed E-state index contributed by atoms with van der Waals surface area (Å²) in [4.78, 5) is 3.90.